The highest BCUT2D eigenvalue weighted by atomic mass is 32.2. The number of ether oxygens (including phenoxy) is 1. The van der Waals surface area contributed by atoms with Gasteiger partial charge in [0.05, 0.1) is 21.9 Å². The first-order valence-electron chi connectivity index (χ1n) is 16.5. The highest BCUT2D eigenvalue weighted by Gasteiger charge is 2.34. The zero-order valence-electron chi connectivity index (χ0n) is 27.6. The van der Waals surface area contributed by atoms with Crippen LogP contribution in [0.1, 0.15) is 70.4 Å². The summed E-state index contributed by atoms with van der Waals surface area (Å²) in [4.78, 5) is 44.8. The van der Waals surface area contributed by atoms with Crippen LogP contribution in [0.4, 0.5) is 0 Å². The number of thioether (sulfide) groups is 2. The molecule has 1 aromatic heterocycles. The summed E-state index contributed by atoms with van der Waals surface area (Å²) < 4.78 is 8.52. The lowest BCUT2D eigenvalue weighted by atomic mass is 10.1. The Kier molecular flexibility index (Phi) is 13.0. The molecule has 3 aromatic rings. The Bertz CT molecular complexity index is 1880. The van der Waals surface area contributed by atoms with Gasteiger partial charge in [0, 0.05) is 31.0 Å². The highest BCUT2D eigenvalue weighted by Crippen LogP contribution is 2.50. The Balaban J connectivity index is 1.46. The van der Waals surface area contributed by atoms with E-state index in [1.807, 2.05) is 24.3 Å². The molecule has 2 aromatic carbocycles. The number of aromatic nitrogens is 1. The van der Waals surface area contributed by atoms with Gasteiger partial charge in [-0.2, -0.15) is 0 Å². The van der Waals surface area contributed by atoms with Crippen molar-refractivity contribution in [2.45, 2.75) is 65.8 Å². The molecule has 1 fully saturated rings. The van der Waals surface area contributed by atoms with Crippen molar-refractivity contribution in [1.29, 1.82) is 0 Å². The molecule has 252 valence electrons. The molecule has 7 nitrogen and oxygen atoms in total. The van der Waals surface area contributed by atoms with Crippen molar-refractivity contribution in [3.63, 3.8) is 0 Å². The first-order valence-corrected chi connectivity index (χ1v) is 19.4. The van der Waals surface area contributed by atoms with Gasteiger partial charge in [0.25, 0.3) is 11.5 Å². The Morgan fingerprint density at radius 2 is 1.52 bits per heavy atom. The molecule has 0 bridgehead atoms. The normalized spacial score (nSPS) is 17.4. The summed E-state index contributed by atoms with van der Waals surface area (Å²) in [7, 11) is 0. The Morgan fingerprint density at radius 1 is 0.812 bits per heavy atom. The van der Waals surface area contributed by atoms with Crippen molar-refractivity contribution in [3.05, 3.63) is 102 Å². The van der Waals surface area contributed by atoms with E-state index >= 15 is 0 Å². The van der Waals surface area contributed by atoms with Crippen LogP contribution in [-0.4, -0.2) is 50.3 Å². The predicted octanol–water partition coefficient (Wildman–Crippen LogP) is 7.02. The zero-order chi connectivity index (χ0) is 34.0. The molecule has 0 atom stereocenters. The van der Waals surface area contributed by atoms with E-state index in [2.05, 4.69) is 67.3 Å². The lowest BCUT2D eigenvalue weighted by Crippen LogP contribution is -2.34. The molecule has 0 aliphatic carbocycles. The van der Waals surface area contributed by atoms with Crippen LogP contribution in [0.5, 0.6) is 0 Å². The Morgan fingerprint density at radius 3 is 2.19 bits per heavy atom. The first kappa shape index (κ1) is 35.9. The lowest BCUT2D eigenvalue weighted by Gasteiger charge is -2.21. The maximum atomic E-state index is 13.9. The molecule has 0 unspecified atom stereocenters. The average Bonchev–Trinajstić information content (AvgIpc) is 3.73. The molecule has 1 amide bonds. The molecule has 1 saturated heterocycles. The monoisotopic (exact) mass is 719 g/mol. The number of carbonyl (C=O) groups excluding carboxylic acids is 2. The fraction of sp³-hybridized carbons (Fsp3) is 0.351. The van der Waals surface area contributed by atoms with Crippen LogP contribution in [-0.2, 0) is 20.9 Å². The van der Waals surface area contributed by atoms with Crippen LogP contribution in [0, 0.1) is 0 Å². The number of hydrogen-bond acceptors (Lipinski definition) is 9. The van der Waals surface area contributed by atoms with Crippen molar-refractivity contribution >= 4 is 84.9 Å². The van der Waals surface area contributed by atoms with E-state index in [1.54, 1.807) is 28.2 Å². The first-order chi connectivity index (χ1) is 23.4. The number of benzene rings is 2. The molecule has 11 heteroatoms. The Hall–Kier alpha value is -3.38. The van der Waals surface area contributed by atoms with Gasteiger partial charge in [-0.15, -0.1) is 11.3 Å². The van der Waals surface area contributed by atoms with Crippen LogP contribution < -0.4 is 14.8 Å². The minimum atomic E-state index is -0.194. The summed E-state index contributed by atoms with van der Waals surface area (Å²) in [5, 5.41) is 1.04. The topological polar surface area (TPSA) is 71.8 Å². The van der Waals surface area contributed by atoms with Gasteiger partial charge in [-0.05, 0) is 56.4 Å². The lowest BCUT2D eigenvalue weighted by molar-refractivity contribution is -0.143. The minimum absolute atomic E-state index is 0.0879. The van der Waals surface area contributed by atoms with Crippen molar-refractivity contribution in [2.75, 3.05) is 19.7 Å². The fourth-order valence-corrected chi connectivity index (χ4v) is 9.37. The van der Waals surface area contributed by atoms with E-state index in [9.17, 15) is 14.4 Å². The molecule has 48 heavy (non-hydrogen) atoms. The standard InChI is InChI=1S/C37H41N3O4S4/c1-4-7-24-39-34(42)28(46-36(39)33-35(43)40(37(45)48-33)25-16-10-15-21-30(41)44-6-3)22-23-29-38(5-2)31(26-17-11-8-12-18-26)32(47-29)27-19-13-9-14-20-27/h8-9,11-14,17-20,22-23H,4-7,10,15-16,21,24-25H2,1-3H3. The summed E-state index contributed by atoms with van der Waals surface area (Å²) in [6.07, 6.45) is 8.30. The maximum Gasteiger partial charge on any atom is 0.305 e. The van der Waals surface area contributed by atoms with E-state index in [-0.39, 0.29) is 17.4 Å². The molecule has 5 rings (SSSR count). The van der Waals surface area contributed by atoms with Gasteiger partial charge in [-0.3, -0.25) is 23.9 Å². The van der Waals surface area contributed by atoms with Crippen LogP contribution in [0.25, 0.3) is 21.6 Å². The van der Waals surface area contributed by atoms with E-state index in [4.69, 9.17) is 17.0 Å². The second-order valence-electron chi connectivity index (χ2n) is 11.3. The molecular weight excluding hydrogens is 679 g/mol. The van der Waals surface area contributed by atoms with Gasteiger partial charge in [0.1, 0.15) is 13.9 Å². The molecule has 2 aliphatic rings. The van der Waals surface area contributed by atoms with Gasteiger partial charge in [0.2, 0.25) is 0 Å². The number of esters is 1. The molecule has 3 heterocycles. The second kappa shape index (κ2) is 17.3. The van der Waals surface area contributed by atoms with E-state index in [0.717, 1.165) is 54.1 Å². The summed E-state index contributed by atoms with van der Waals surface area (Å²) in [5.41, 5.74) is 3.35. The van der Waals surface area contributed by atoms with E-state index < -0.39 is 0 Å². The van der Waals surface area contributed by atoms with E-state index in [0.29, 0.717) is 51.0 Å². The Labute approximate surface area is 300 Å². The SMILES string of the molecule is CCCCn1c(=C2SC(=S)N(CCCCCC(=O)OCC)C2=O)sc(=CC=C2SC(c3ccccc3)=C(c3ccccc3)N2CC)c1=O. The van der Waals surface area contributed by atoms with Crippen LogP contribution in [0.15, 0.2) is 76.6 Å². The molecule has 2 aliphatic heterocycles. The second-order valence-corrected chi connectivity index (χ2v) is 15.0. The number of hydrogen-bond donors (Lipinski definition) is 0. The molecule has 0 saturated carbocycles. The van der Waals surface area contributed by atoms with Crippen molar-refractivity contribution in [3.8, 4) is 0 Å². The quantitative estimate of drug-likeness (QED) is 0.100. The number of nitrogens with zero attached hydrogens (tertiary/aromatic N) is 3. The number of rotatable bonds is 14. The number of carbonyl (C=O) groups is 2. The summed E-state index contributed by atoms with van der Waals surface area (Å²) in [6.45, 7) is 8.20. The number of amides is 1. The van der Waals surface area contributed by atoms with Crippen molar-refractivity contribution in [2.24, 2.45) is 0 Å². The number of thiazole rings is 1. The third-order valence-electron chi connectivity index (χ3n) is 7.99. The largest absolute Gasteiger partial charge is 0.466 e. The fourth-order valence-electron chi connectivity index (χ4n) is 5.58. The third kappa shape index (κ3) is 8.25. The van der Waals surface area contributed by atoms with Gasteiger partial charge < -0.3 is 9.64 Å². The highest BCUT2D eigenvalue weighted by molar-refractivity contribution is 8.30. The summed E-state index contributed by atoms with van der Waals surface area (Å²) in [6, 6.07) is 20.8. The van der Waals surface area contributed by atoms with Crippen molar-refractivity contribution in [1.82, 2.24) is 14.4 Å². The number of allylic oxidation sites excluding steroid dienone is 1. The van der Waals surface area contributed by atoms with Crippen molar-refractivity contribution < 1.29 is 14.3 Å². The van der Waals surface area contributed by atoms with Gasteiger partial charge in [-0.1, -0.05) is 116 Å². The van der Waals surface area contributed by atoms with Crippen LogP contribution in [0.3, 0.4) is 0 Å². The van der Waals surface area contributed by atoms with E-state index in [1.165, 1.54) is 28.0 Å². The van der Waals surface area contributed by atoms with Gasteiger partial charge in [0.15, 0.2) is 0 Å². The summed E-state index contributed by atoms with van der Waals surface area (Å²) >= 11 is 9.98. The minimum Gasteiger partial charge on any atom is -0.466 e. The maximum absolute atomic E-state index is 13.9. The average molecular weight is 720 g/mol. The summed E-state index contributed by atoms with van der Waals surface area (Å²) in [5.74, 6) is -0.347. The third-order valence-corrected chi connectivity index (χ3v) is 11.9. The van der Waals surface area contributed by atoms with Crippen LogP contribution >= 0.6 is 47.1 Å². The number of unbranched alkanes of at least 4 members (excludes halogenated alkanes) is 3. The molecule has 0 spiro atoms. The number of thiocarbonyl (C=S) groups is 1. The van der Waals surface area contributed by atoms with Gasteiger partial charge in [-0.25, -0.2) is 0 Å². The smallest absolute Gasteiger partial charge is 0.305 e. The van der Waals surface area contributed by atoms with Crippen LogP contribution in [0.2, 0.25) is 0 Å². The zero-order valence-corrected chi connectivity index (χ0v) is 30.9. The predicted molar refractivity (Wildman–Crippen MR) is 205 cm³/mol. The molecular formula is C37H41N3O4S4. The van der Waals surface area contributed by atoms with Gasteiger partial charge >= 0.3 is 5.97 Å². The molecule has 0 radical (unpaired) electrons. The molecule has 0 N–H and O–H groups in total.